The zero-order chi connectivity index (χ0) is 9.68. The molecule has 1 radical (unpaired) electrons. The summed E-state index contributed by atoms with van der Waals surface area (Å²) >= 11 is 0. The first kappa shape index (κ1) is 9.45. The van der Waals surface area contributed by atoms with E-state index in [2.05, 4.69) is 4.74 Å². The Kier molecular flexibility index (Phi) is 3.20. The fourth-order valence-electron chi connectivity index (χ4n) is 0.929. The van der Waals surface area contributed by atoms with Gasteiger partial charge in [0.25, 0.3) is 0 Å². The van der Waals surface area contributed by atoms with Crippen molar-refractivity contribution >= 4 is 12.3 Å². The number of ether oxygens (including phenoxy) is 1. The second-order valence-electron chi connectivity index (χ2n) is 2.55. The minimum atomic E-state index is -0.289. The van der Waals surface area contributed by atoms with E-state index in [1.807, 2.05) is 0 Å². The molecule has 0 bridgehead atoms. The first-order valence-electron chi connectivity index (χ1n) is 3.80. The summed E-state index contributed by atoms with van der Waals surface area (Å²) in [5.74, 6) is -0.289. The molecule has 0 spiro atoms. The van der Waals surface area contributed by atoms with Crippen molar-refractivity contribution in [3.05, 3.63) is 35.4 Å². The molecule has 0 aromatic heterocycles. The maximum Gasteiger partial charge on any atom is 0.309 e. The number of hydrogen-bond donors (Lipinski definition) is 0. The smallest absolute Gasteiger partial charge is 0.309 e. The Balaban J connectivity index is 2.69. The van der Waals surface area contributed by atoms with E-state index in [0.29, 0.717) is 5.56 Å². The van der Waals surface area contributed by atoms with Crippen molar-refractivity contribution in [3.63, 3.8) is 0 Å². The predicted molar refractivity (Wildman–Crippen MR) is 47.0 cm³/mol. The zero-order valence-electron chi connectivity index (χ0n) is 7.24. The quantitative estimate of drug-likeness (QED) is 0.643. The van der Waals surface area contributed by atoms with Gasteiger partial charge in [-0.25, -0.2) is 0 Å². The fraction of sp³-hybridized carbons (Fsp3) is 0.200. The normalized spacial score (nSPS) is 9.31. The van der Waals surface area contributed by atoms with E-state index in [1.165, 1.54) is 7.11 Å². The highest BCUT2D eigenvalue weighted by atomic mass is 16.5. The lowest BCUT2D eigenvalue weighted by atomic mass is 10.1. The highest BCUT2D eigenvalue weighted by Crippen LogP contribution is 2.03. The SMILES string of the molecule is COC(=O)Cc1ccc([C]=O)cc1. The van der Waals surface area contributed by atoms with E-state index in [-0.39, 0.29) is 12.4 Å². The fourth-order valence-corrected chi connectivity index (χ4v) is 0.929. The average Bonchev–Trinajstić information content (AvgIpc) is 2.19. The average molecular weight is 177 g/mol. The molecule has 13 heavy (non-hydrogen) atoms. The number of esters is 1. The van der Waals surface area contributed by atoms with Crippen LogP contribution in [0.1, 0.15) is 11.1 Å². The van der Waals surface area contributed by atoms with E-state index >= 15 is 0 Å². The van der Waals surface area contributed by atoms with Gasteiger partial charge in [0.15, 0.2) is 0 Å². The van der Waals surface area contributed by atoms with Crippen LogP contribution in [0.5, 0.6) is 0 Å². The molecule has 3 heteroatoms. The Morgan fingerprint density at radius 1 is 1.38 bits per heavy atom. The van der Waals surface area contributed by atoms with E-state index in [1.54, 1.807) is 30.6 Å². The molecule has 0 aliphatic rings. The summed E-state index contributed by atoms with van der Waals surface area (Å²) in [5, 5.41) is 0. The topological polar surface area (TPSA) is 43.4 Å². The predicted octanol–water partition coefficient (Wildman–Crippen LogP) is 0.860. The van der Waals surface area contributed by atoms with Gasteiger partial charge < -0.3 is 4.74 Å². The van der Waals surface area contributed by atoms with Crippen molar-refractivity contribution in [2.45, 2.75) is 6.42 Å². The molecule has 0 saturated carbocycles. The molecule has 0 amide bonds. The Morgan fingerprint density at radius 2 is 2.00 bits per heavy atom. The van der Waals surface area contributed by atoms with Gasteiger partial charge in [-0.05, 0) is 5.56 Å². The number of hydrogen-bond acceptors (Lipinski definition) is 3. The summed E-state index contributed by atoms with van der Waals surface area (Å²) in [6.07, 6.45) is 1.99. The van der Waals surface area contributed by atoms with Crippen molar-refractivity contribution in [2.75, 3.05) is 7.11 Å². The van der Waals surface area contributed by atoms with Crippen molar-refractivity contribution in [3.8, 4) is 0 Å². The van der Waals surface area contributed by atoms with Crippen LogP contribution in [0.2, 0.25) is 0 Å². The van der Waals surface area contributed by atoms with Gasteiger partial charge in [0.05, 0.1) is 13.5 Å². The van der Waals surface area contributed by atoms with Gasteiger partial charge in [-0.2, -0.15) is 0 Å². The lowest BCUT2D eigenvalue weighted by molar-refractivity contribution is -0.139. The van der Waals surface area contributed by atoms with E-state index in [0.717, 1.165) is 5.56 Å². The Morgan fingerprint density at radius 3 is 2.46 bits per heavy atom. The standard InChI is InChI=1S/C10H9O3/c1-13-10(12)6-8-2-4-9(7-11)5-3-8/h2-5H,6H2,1H3. The minimum absolute atomic E-state index is 0.232. The minimum Gasteiger partial charge on any atom is -0.469 e. The molecule has 3 nitrogen and oxygen atoms in total. The molecule has 1 aromatic carbocycles. The maximum atomic E-state index is 10.8. The van der Waals surface area contributed by atoms with Crippen LogP contribution >= 0.6 is 0 Å². The second kappa shape index (κ2) is 4.40. The summed E-state index contributed by atoms with van der Waals surface area (Å²) in [6, 6.07) is 6.64. The van der Waals surface area contributed by atoms with Crippen LogP contribution in [0.3, 0.4) is 0 Å². The van der Waals surface area contributed by atoms with E-state index in [4.69, 9.17) is 0 Å². The summed E-state index contributed by atoms with van der Waals surface area (Å²) in [4.78, 5) is 21.0. The number of carbonyl (C=O) groups excluding carboxylic acids is 2. The number of methoxy groups -OCH3 is 1. The summed E-state index contributed by atoms with van der Waals surface area (Å²) in [6.45, 7) is 0. The van der Waals surface area contributed by atoms with Crippen LogP contribution in [0.15, 0.2) is 24.3 Å². The first-order valence-corrected chi connectivity index (χ1v) is 3.80. The molecular weight excluding hydrogens is 168 g/mol. The number of rotatable bonds is 3. The maximum absolute atomic E-state index is 10.8. The van der Waals surface area contributed by atoms with E-state index in [9.17, 15) is 9.59 Å². The van der Waals surface area contributed by atoms with Crippen LogP contribution in [0.25, 0.3) is 0 Å². The van der Waals surface area contributed by atoms with Crippen molar-refractivity contribution in [2.24, 2.45) is 0 Å². The van der Waals surface area contributed by atoms with Crippen molar-refractivity contribution in [1.29, 1.82) is 0 Å². The van der Waals surface area contributed by atoms with Gasteiger partial charge in [-0.15, -0.1) is 0 Å². The molecular formula is C10H9O3. The lowest BCUT2D eigenvalue weighted by Crippen LogP contribution is -2.04. The third kappa shape index (κ3) is 2.71. The molecule has 0 heterocycles. The largest absolute Gasteiger partial charge is 0.469 e. The van der Waals surface area contributed by atoms with E-state index < -0.39 is 0 Å². The van der Waals surface area contributed by atoms with Gasteiger partial charge >= 0.3 is 5.97 Å². The monoisotopic (exact) mass is 177 g/mol. The molecule has 0 aliphatic heterocycles. The molecule has 0 N–H and O–H groups in total. The molecule has 67 valence electrons. The Hall–Kier alpha value is -1.64. The van der Waals surface area contributed by atoms with Crippen molar-refractivity contribution < 1.29 is 14.3 Å². The third-order valence-electron chi connectivity index (χ3n) is 1.65. The van der Waals surface area contributed by atoms with Gasteiger partial charge in [0.1, 0.15) is 0 Å². The Labute approximate surface area is 76.3 Å². The number of benzene rings is 1. The molecule has 1 rings (SSSR count). The Bertz CT molecular complexity index is 300. The summed E-state index contributed by atoms with van der Waals surface area (Å²) in [7, 11) is 1.34. The summed E-state index contributed by atoms with van der Waals surface area (Å²) < 4.78 is 4.49. The van der Waals surface area contributed by atoms with Crippen LogP contribution < -0.4 is 0 Å². The highest BCUT2D eigenvalue weighted by molar-refractivity contribution is 5.76. The van der Waals surface area contributed by atoms with Crippen LogP contribution in [-0.2, 0) is 20.7 Å². The molecule has 0 unspecified atom stereocenters. The van der Waals surface area contributed by atoms with Gasteiger partial charge in [-0.3, -0.25) is 9.59 Å². The van der Waals surface area contributed by atoms with Gasteiger partial charge in [-0.1, -0.05) is 24.3 Å². The third-order valence-corrected chi connectivity index (χ3v) is 1.65. The molecule has 0 saturated heterocycles. The van der Waals surface area contributed by atoms with Crippen LogP contribution in [0.4, 0.5) is 0 Å². The molecule has 0 fully saturated rings. The highest BCUT2D eigenvalue weighted by Gasteiger charge is 2.01. The zero-order valence-corrected chi connectivity index (χ0v) is 7.24. The molecule has 1 aromatic rings. The van der Waals surface area contributed by atoms with Gasteiger partial charge in [0, 0.05) is 5.56 Å². The summed E-state index contributed by atoms with van der Waals surface area (Å²) in [5.41, 5.74) is 1.31. The molecule has 0 aliphatic carbocycles. The van der Waals surface area contributed by atoms with Crippen LogP contribution in [0, 0.1) is 0 Å². The van der Waals surface area contributed by atoms with Gasteiger partial charge in [0.2, 0.25) is 6.29 Å². The number of carbonyl (C=O) groups is 1. The van der Waals surface area contributed by atoms with Crippen molar-refractivity contribution in [1.82, 2.24) is 0 Å². The first-order chi connectivity index (χ1) is 6.26. The lowest BCUT2D eigenvalue weighted by Gasteiger charge is -1.98. The van der Waals surface area contributed by atoms with Crippen LogP contribution in [-0.4, -0.2) is 19.4 Å². The molecule has 0 atom stereocenters. The second-order valence-corrected chi connectivity index (χ2v) is 2.55.